The molecule has 0 bridgehead atoms. The maximum atomic E-state index is 11.2. The van der Waals surface area contributed by atoms with Crippen molar-refractivity contribution in [3.05, 3.63) is 47.1 Å². The van der Waals surface area contributed by atoms with Crippen LogP contribution in [0.15, 0.2) is 35.9 Å². The highest BCUT2D eigenvalue weighted by atomic mass is 79.9. The third kappa shape index (κ3) is 7.13. The summed E-state index contributed by atoms with van der Waals surface area (Å²) in [5.74, 6) is -0.162. The van der Waals surface area contributed by atoms with Crippen molar-refractivity contribution in [2.45, 2.75) is 84.0 Å². The van der Waals surface area contributed by atoms with Gasteiger partial charge in [-0.2, -0.15) is 0 Å². The Labute approximate surface area is 201 Å². The van der Waals surface area contributed by atoms with Gasteiger partial charge in [-0.25, -0.2) is 0 Å². The number of rotatable bonds is 11. The minimum absolute atomic E-state index is 0.112. The molecule has 2 N–H and O–H groups in total. The molecule has 0 aliphatic heterocycles. The highest BCUT2D eigenvalue weighted by Crippen LogP contribution is 2.48. The number of phenols is 2. The van der Waals surface area contributed by atoms with Gasteiger partial charge in [-0.15, -0.1) is 0 Å². The number of unbranched alkanes of at least 4 members (excludes halogenated alkanes) is 3. The van der Waals surface area contributed by atoms with E-state index in [0.29, 0.717) is 5.56 Å². The lowest BCUT2D eigenvalue weighted by Crippen LogP contribution is -2.21. The van der Waals surface area contributed by atoms with Crippen LogP contribution in [0.2, 0.25) is 0 Å². The van der Waals surface area contributed by atoms with Gasteiger partial charge >= 0.3 is 5.97 Å². The Kier molecular flexibility index (Phi) is 9.87. The summed E-state index contributed by atoms with van der Waals surface area (Å²) in [5.41, 5.74) is 3.37. The average Bonchev–Trinajstić information content (AvgIpc) is 2.71. The molecule has 2 atom stereocenters. The molecule has 5 heteroatoms. The van der Waals surface area contributed by atoms with Crippen LogP contribution in [0.3, 0.4) is 0 Å². The molecule has 0 amide bonds. The Morgan fingerprint density at radius 3 is 2.34 bits per heavy atom. The summed E-state index contributed by atoms with van der Waals surface area (Å²) < 4.78 is 5.19. The van der Waals surface area contributed by atoms with Gasteiger partial charge in [-0.1, -0.05) is 67.3 Å². The first kappa shape index (κ1) is 26.5. The maximum Gasteiger partial charge on any atom is 0.302 e. The van der Waals surface area contributed by atoms with E-state index < -0.39 is 0 Å². The Morgan fingerprint density at radius 2 is 1.78 bits per heavy atom. The molecule has 0 spiro atoms. The van der Waals surface area contributed by atoms with Gasteiger partial charge in [0.1, 0.15) is 18.1 Å². The monoisotopic (exact) mass is 506 g/mol. The van der Waals surface area contributed by atoms with Crippen LogP contribution in [0.5, 0.6) is 11.5 Å². The Hall–Kier alpha value is -1.75. The lowest BCUT2D eigenvalue weighted by atomic mass is 9.72. The number of allylic oxidation sites excluding steroid dienone is 2. The smallest absolute Gasteiger partial charge is 0.302 e. The van der Waals surface area contributed by atoms with Gasteiger partial charge in [0.05, 0.1) is 0 Å². The zero-order valence-corrected chi connectivity index (χ0v) is 21.6. The molecule has 0 saturated heterocycles. The minimum Gasteiger partial charge on any atom is -0.507 e. The molecule has 0 heterocycles. The number of alkyl halides is 1. The van der Waals surface area contributed by atoms with Crippen LogP contribution in [0, 0.1) is 5.92 Å². The Morgan fingerprint density at radius 1 is 1.16 bits per heavy atom. The SMILES string of the molecule is C=C(C)[C@H]1CCC(COC(C)=O)=C[C@@H]1c1c(O)cc(C(C)(C)CCCCCCBr)cc1O. The first-order chi connectivity index (χ1) is 15.1. The predicted molar refractivity (Wildman–Crippen MR) is 135 cm³/mol. The summed E-state index contributed by atoms with van der Waals surface area (Å²) in [7, 11) is 0. The summed E-state index contributed by atoms with van der Waals surface area (Å²) in [6, 6.07) is 3.63. The van der Waals surface area contributed by atoms with Crippen molar-refractivity contribution in [1.82, 2.24) is 0 Å². The van der Waals surface area contributed by atoms with Crippen LogP contribution >= 0.6 is 15.9 Å². The zero-order valence-electron chi connectivity index (χ0n) is 20.0. The second kappa shape index (κ2) is 11.9. The summed E-state index contributed by atoms with van der Waals surface area (Å²) >= 11 is 3.48. The van der Waals surface area contributed by atoms with Gasteiger partial charge in [0.25, 0.3) is 0 Å². The third-order valence-electron chi connectivity index (χ3n) is 6.66. The van der Waals surface area contributed by atoms with Gasteiger partial charge in [0, 0.05) is 23.7 Å². The minimum atomic E-state index is -0.311. The number of aromatic hydroxyl groups is 2. The topological polar surface area (TPSA) is 66.8 Å². The van der Waals surface area contributed by atoms with Crippen molar-refractivity contribution in [1.29, 1.82) is 0 Å². The molecule has 1 aromatic carbocycles. The first-order valence-corrected chi connectivity index (χ1v) is 12.8. The van der Waals surface area contributed by atoms with E-state index in [4.69, 9.17) is 4.74 Å². The molecule has 4 nitrogen and oxygen atoms in total. The van der Waals surface area contributed by atoms with Gasteiger partial charge in [0.2, 0.25) is 0 Å². The van der Waals surface area contributed by atoms with Crippen LogP contribution in [-0.2, 0) is 14.9 Å². The van der Waals surface area contributed by atoms with Gasteiger partial charge in [0.15, 0.2) is 0 Å². The highest BCUT2D eigenvalue weighted by Gasteiger charge is 2.32. The molecule has 0 unspecified atom stereocenters. The summed E-state index contributed by atoms with van der Waals surface area (Å²) in [5, 5.41) is 23.1. The largest absolute Gasteiger partial charge is 0.507 e. The lowest BCUT2D eigenvalue weighted by Gasteiger charge is -2.33. The fraction of sp³-hybridized carbons (Fsp3) is 0.593. The fourth-order valence-corrected chi connectivity index (χ4v) is 5.04. The normalized spacial score (nSPS) is 18.8. The summed E-state index contributed by atoms with van der Waals surface area (Å²) in [6.07, 6.45) is 9.39. The number of phenolic OH excluding ortho intramolecular Hbond substituents is 2. The quantitative estimate of drug-likeness (QED) is 0.143. The molecule has 178 valence electrons. The van der Waals surface area contributed by atoms with Crippen molar-refractivity contribution in [3.63, 3.8) is 0 Å². The predicted octanol–water partition coefficient (Wildman–Crippen LogP) is 7.28. The van der Waals surface area contributed by atoms with Crippen LogP contribution in [0.4, 0.5) is 0 Å². The summed E-state index contributed by atoms with van der Waals surface area (Å²) in [6.45, 7) is 12.1. The second-order valence-corrected chi connectivity index (χ2v) is 10.6. The van der Waals surface area contributed by atoms with Crippen molar-refractivity contribution >= 4 is 21.9 Å². The van der Waals surface area contributed by atoms with E-state index >= 15 is 0 Å². The molecule has 2 rings (SSSR count). The van der Waals surface area contributed by atoms with Crippen LogP contribution in [0.1, 0.15) is 89.7 Å². The molecule has 0 aromatic heterocycles. The molecule has 1 aliphatic carbocycles. The number of carbonyl (C=O) groups excluding carboxylic acids is 1. The van der Waals surface area contributed by atoms with Gasteiger partial charge in [-0.3, -0.25) is 4.79 Å². The molecular formula is C27H39BrO4. The lowest BCUT2D eigenvalue weighted by molar-refractivity contribution is -0.140. The van der Waals surface area contributed by atoms with E-state index in [-0.39, 0.29) is 41.3 Å². The van der Waals surface area contributed by atoms with Gasteiger partial charge < -0.3 is 14.9 Å². The van der Waals surface area contributed by atoms with Crippen molar-refractivity contribution in [2.24, 2.45) is 5.92 Å². The van der Waals surface area contributed by atoms with E-state index in [1.807, 2.05) is 25.1 Å². The number of hydrogen-bond donors (Lipinski definition) is 2. The Bertz CT molecular complexity index is 817. The average molecular weight is 508 g/mol. The highest BCUT2D eigenvalue weighted by molar-refractivity contribution is 9.09. The van der Waals surface area contributed by atoms with Crippen molar-refractivity contribution in [2.75, 3.05) is 11.9 Å². The molecule has 1 aliphatic rings. The maximum absolute atomic E-state index is 11.2. The number of esters is 1. The van der Waals surface area contributed by atoms with Crippen LogP contribution < -0.4 is 0 Å². The molecule has 1 aromatic rings. The molecule has 0 radical (unpaired) electrons. The zero-order chi connectivity index (χ0) is 23.9. The van der Waals surface area contributed by atoms with E-state index in [0.717, 1.165) is 47.7 Å². The van der Waals surface area contributed by atoms with Crippen molar-refractivity contribution in [3.8, 4) is 11.5 Å². The molecule has 0 saturated carbocycles. The standard InChI is InChI=1S/C27H39BrO4/c1-18(2)22-11-10-20(17-32-19(3)29)14-23(22)26-24(30)15-21(16-25(26)31)27(4,5)12-8-6-7-9-13-28/h14-16,22-23,30-31H,1,6-13,17H2,2-5H3/t22-,23+/m1/s1. The fourth-order valence-electron chi connectivity index (χ4n) is 4.64. The molecule has 32 heavy (non-hydrogen) atoms. The van der Waals surface area contributed by atoms with E-state index in [2.05, 4.69) is 36.4 Å². The third-order valence-corrected chi connectivity index (χ3v) is 7.22. The summed E-state index contributed by atoms with van der Waals surface area (Å²) in [4.78, 5) is 11.2. The van der Waals surface area contributed by atoms with Gasteiger partial charge in [-0.05, 0) is 67.2 Å². The number of halogens is 1. The van der Waals surface area contributed by atoms with E-state index in [1.54, 1.807) is 0 Å². The number of benzene rings is 1. The van der Waals surface area contributed by atoms with E-state index in [1.165, 1.54) is 26.2 Å². The molecular weight excluding hydrogens is 468 g/mol. The molecule has 0 fully saturated rings. The van der Waals surface area contributed by atoms with Crippen LogP contribution in [0.25, 0.3) is 0 Å². The van der Waals surface area contributed by atoms with Crippen LogP contribution in [-0.4, -0.2) is 28.1 Å². The first-order valence-electron chi connectivity index (χ1n) is 11.7. The number of hydrogen-bond acceptors (Lipinski definition) is 4. The number of ether oxygens (including phenoxy) is 1. The van der Waals surface area contributed by atoms with Crippen molar-refractivity contribution < 1.29 is 19.7 Å². The number of carbonyl (C=O) groups is 1. The van der Waals surface area contributed by atoms with E-state index in [9.17, 15) is 15.0 Å². The Balaban J connectivity index is 2.30. The second-order valence-electron chi connectivity index (χ2n) is 9.79.